The predicted molar refractivity (Wildman–Crippen MR) is 120 cm³/mol. The molecule has 6 nitrogen and oxygen atoms in total. The molecule has 0 bridgehead atoms. The molecule has 0 aliphatic carbocycles. The van der Waals surface area contributed by atoms with Crippen molar-refractivity contribution in [2.24, 2.45) is 0 Å². The Morgan fingerprint density at radius 3 is 1.47 bits per heavy atom. The number of carbonyl (C=O) groups excluding carboxylic acids is 2. The average molecular weight is 434 g/mol. The van der Waals surface area contributed by atoms with E-state index in [9.17, 15) is 9.59 Å². The highest BCUT2D eigenvalue weighted by atomic mass is 16.7. The topological polar surface area (TPSA) is 71.1 Å². The van der Waals surface area contributed by atoms with Crippen LogP contribution in [0.4, 0.5) is 0 Å². The van der Waals surface area contributed by atoms with E-state index in [4.69, 9.17) is 18.9 Å². The number of esters is 2. The van der Waals surface area contributed by atoms with Gasteiger partial charge in [-0.15, -0.1) is 0 Å². The van der Waals surface area contributed by atoms with Gasteiger partial charge in [0.25, 0.3) is 0 Å². The van der Waals surface area contributed by atoms with Crippen molar-refractivity contribution in [3.05, 3.63) is 82.9 Å². The SMILES string of the molecule is Cc1ccc(C=CC(=O)O[C@@H]2CO[C@H]3[C@@H]2OC[C@H]3OC(=O)C=Cc2ccc(C)cc2)cc1. The third-order valence-electron chi connectivity index (χ3n) is 5.48. The summed E-state index contributed by atoms with van der Waals surface area (Å²) in [5, 5.41) is 0. The van der Waals surface area contributed by atoms with E-state index >= 15 is 0 Å². The zero-order valence-corrected chi connectivity index (χ0v) is 18.1. The van der Waals surface area contributed by atoms with Gasteiger partial charge in [0, 0.05) is 12.2 Å². The van der Waals surface area contributed by atoms with Gasteiger partial charge in [0.05, 0.1) is 13.2 Å². The highest BCUT2D eigenvalue weighted by Gasteiger charge is 2.50. The summed E-state index contributed by atoms with van der Waals surface area (Å²) in [6.07, 6.45) is 4.20. The van der Waals surface area contributed by atoms with E-state index < -0.39 is 36.4 Å². The van der Waals surface area contributed by atoms with Crippen molar-refractivity contribution in [1.82, 2.24) is 0 Å². The largest absolute Gasteiger partial charge is 0.454 e. The van der Waals surface area contributed by atoms with Crippen LogP contribution in [0.5, 0.6) is 0 Å². The number of hydrogen-bond donors (Lipinski definition) is 0. The van der Waals surface area contributed by atoms with Crippen molar-refractivity contribution in [3.63, 3.8) is 0 Å². The van der Waals surface area contributed by atoms with Gasteiger partial charge in [-0.3, -0.25) is 0 Å². The summed E-state index contributed by atoms with van der Waals surface area (Å²) in [6, 6.07) is 15.6. The average Bonchev–Trinajstić information content (AvgIpc) is 3.36. The third-order valence-corrected chi connectivity index (χ3v) is 5.48. The molecular weight excluding hydrogens is 408 g/mol. The predicted octanol–water partition coefficient (Wildman–Crippen LogP) is 3.65. The van der Waals surface area contributed by atoms with Crippen LogP contribution in [-0.2, 0) is 28.5 Å². The quantitative estimate of drug-likeness (QED) is 0.511. The number of ether oxygens (including phenoxy) is 4. The van der Waals surface area contributed by atoms with Crippen LogP contribution in [0.3, 0.4) is 0 Å². The third kappa shape index (κ3) is 5.52. The Bertz CT molecular complexity index is 922. The monoisotopic (exact) mass is 434 g/mol. The molecule has 2 aromatic rings. The van der Waals surface area contributed by atoms with E-state index in [1.807, 2.05) is 62.4 Å². The number of rotatable bonds is 6. The summed E-state index contributed by atoms with van der Waals surface area (Å²) in [7, 11) is 0. The van der Waals surface area contributed by atoms with Gasteiger partial charge >= 0.3 is 11.9 Å². The summed E-state index contributed by atoms with van der Waals surface area (Å²) < 4.78 is 22.5. The van der Waals surface area contributed by atoms with Gasteiger partial charge in [0.1, 0.15) is 12.2 Å². The van der Waals surface area contributed by atoms with Crippen LogP contribution in [0.25, 0.3) is 12.2 Å². The molecule has 0 N–H and O–H groups in total. The lowest BCUT2D eigenvalue weighted by Crippen LogP contribution is -2.35. The van der Waals surface area contributed by atoms with E-state index in [0.717, 1.165) is 22.3 Å². The zero-order valence-electron chi connectivity index (χ0n) is 18.1. The molecule has 6 heteroatoms. The molecule has 0 saturated carbocycles. The maximum atomic E-state index is 12.2. The molecule has 0 spiro atoms. The lowest BCUT2D eigenvalue weighted by atomic mass is 10.1. The maximum absolute atomic E-state index is 12.2. The lowest BCUT2D eigenvalue weighted by Gasteiger charge is -2.16. The lowest BCUT2D eigenvalue weighted by molar-refractivity contribution is -0.149. The van der Waals surface area contributed by atoms with Gasteiger partial charge in [-0.1, -0.05) is 59.7 Å². The van der Waals surface area contributed by atoms with Crippen molar-refractivity contribution in [1.29, 1.82) is 0 Å². The molecule has 0 amide bonds. The number of aryl methyl sites for hydroxylation is 2. The zero-order chi connectivity index (χ0) is 22.5. The van der Waals surface area contributed by atoms with Gasteiger partial charge in [-0.25, -0.2) is 9.59 Å². The number of fused-ring (bicyclic) bond motifs is 1. The summed E-state index contributed by atoms with van der Waals surface area (Å²) in [5.74, 6) is -0.935. The van der Waals surface area contributed by atoms with Crippen LogP contribution >= 0.6 is 0 Å². The molecule has 2 heterocycles. The summed E-state index contributed by atoms with van der Waals surface area (Å²) >= 11 is 0. The number of benzene rings is 2. The van der Waals surface area contributed by atoms with E-state index in [1.165, 1.54) is 12.2 Å². The molecule has 0 unspecified atom stereocenters. The highest BCUT2D eigenvalue weighted by molar-refractivity contribution is 5.87. The van der Waals surface area contributed by atoms with Gasteiger partial charge < -0.3 is 18.9 Å². The Morgan fingerprint density at radius 2 is 1.09 bits per heavy atom. The number of hydrogen-bond acceptors (Lipinski definition) is 6. The van der Waals surface area contributed by atoms with Crippen LogP contribution in [0.1, 0.15) is 22.3 Å². The highest BCUT2D eigenvalue weighted by Crippen LogP contribution is 2.30. The number of carbonyl (C=O) groups is 2. The molecule has 2 aromatic carbocycles. The van der Waals surface area contributed by atoms with E-state index in [1.54, 1.807) is 12.2 Å². The van der Waals surface area contributed by atoms with E-state index in [-0.39, 0.29) is 13.2 Å². The van der Waals surface area contributed by atoms with E-state index in [0.29, 0.717) is 0 Å². The van der Waals surface area contributed by atoms with Gasteiger partial charge in [0.2, 0.25) is 0 Å². The molecule has 0 radical (unpaired) electrons. The normalized spacial score (nSPS) is 24.7. The fraction of sp³-hybridized carbons (Fsp3) is 0.308. The van der Waals surface area contributed by atoms with Crippen molar-refractivity contribution in [2.75, 3.05) is 13.2 Å². The minimum absolute atomic E-state index is 0.201. The molecule has 32 heavy (non-hydrogen) atoms. The Labute approximate surface area is 187 Å². The van der Waals surface area contributed by atoms with Crippen LogP contribution in [0.2, 0.25) is 0 Å². The molecule has 2 aliphatic rings. The second kappa shape index (κ2) is 9.94. The van der Waals surface area contributed by atoms with Crippen molar-refractivity contribution in [2.45, 2.75) is 38.3 Å². The van der Waals surface area contributed by atoms with Crippen molar-refractivity contribution >= 4 is 24.1 Å². The first kappa shape index (κ1) is 22.0. The molecule has 2 fully saturated rings. The second-order valence-corrected chi connectivity index (χ2v) is 8.03. The minimum atomic E-state index is -0.540. The smallest absolute Gasteiger partial charge is 0.331 e. The fourth-order valence-corrected chi connectivity index (χ4v) is 3.69. The minimum Gasteiger partial charge on any atom is -0.454 e. The molecular formula is C26H26O6. The van der Waals surface area contributed by atoms with Crippen molar-refractivity contribution in [3.8, 4) is 0 Å². The molecule has 166 valence electrons. The first-order valence-electron chi connectivity index (χ1n) is 10.6. The molecule has 2 aliphatic heterocycles. The molecule has 4 rings (SSSR count). The first-order valence-corrected chi connectivity index (χ1v) is 10.6. The second-order valence-electron chi connectivity index (χ2n) is 8.03. The maximum Gasteiger partial charge on any atom is 0.331 e. The van der Waals surface area contributed by atoms with Crippen molar-refractivity contribution < 1.29 is 28.5 Å². The standard InChI is InChI=1S/C26H26O6/c1-17-3-7-19(8-4-17)11-13-23(27)31-21-15-29-26-22(16-30-25(21)26)32-24(28)14-12-20-9-5-18(2)6-10-20/h3-14,21-22,25-26H,15-16H2,1-2H3/t21-,22-,25-,26-/m1/s1. The van der Waals surface area contributed by atoms with E-state index in [2.05, 4.69) is 0 Å². The summed E-state index contributed by atoms with van der Waals surface area (Å²) in [5.41, 5.74) is 4.13. The Balaban J connectivity index is 1.27. The Morgan fingerprint density at radius 1 is 0.719 bits per heavy atom. The van der Waals surface area contributed by atoms with Gasteiger partial charge in [-0.05, 0) is 37.1 Å². The van der Waals surface area contributed by atoms with Crippen LogP contribution in [0.15, 0.2) is 60.7 Å². The fourth-order valence-electron chi connectivity index (χ4n) is 3.69. The molecule has 0 aromatic heterocycles. The molecule has 2 saturated heterocycles. The summed E-state index contributed by atoms with van der Waals surface area (Å²) in [4.78, 5) is 24.4. The Hall–Kier alpha value is -3.22. The van der Waals surface area contributed by atoms with Gasteiger partial charge in [-0.2, -0.15) is 0 Å². The van der Waals surface area contributed by atoms with Gasteiger partial charge in [0.15, 0.2) is 12.2 Å². The first-order chi connectivity index (χ1) is 15.5. The van der Waals surface area contributed by atoms with Crippen LogP contribution < -0.4 is 0 Å². The van der Waals surface area contributed by atoms with Crippen LogP contribution in [-0.4, -0.2) is 49.6 Å². The Kier molecular flexibility index (Phi) is 6.83. The molecule has 4 atom stereocenters. The van der Waals surface area contributed by atoms with Crippen LogP contribution in [0, 0.1) is 13.8 Å². The summed E-state index contributed by atoms with van der Waals surface area (Å²) in [6.45, 7) is 4.41.